The van der Waals surface area contributed by atoms with E-state index in [0.29, 0.717) is 5.75 Å². The second kappa shape index (κ2) is 5.95. The predicted molar refractivity (Wildman–Crippen MR) is 63.7 cm³/mol. The molecule has 1 unspecified atom stereocenters. The molecule has 1 N–H and O–H groups in total. The van der Waals surface area contributed by atoms with Crippen LogP contribution in [0.5, 0.6) is 5.75 Å². The van der Waals surface area contributed by atoms with Crippen LogP contribution in [0.1, 0.15) is 23.7 Å². The van der Waals surface area contributed by atoms with Gasteiger partial charge in [-0.25, -0.2) is 0 Å². The summed E-state index contributed by atoms with van der Waals surface area (Å²) in [4.78, 5) is 34.0. The van der Waals surface area contributed by atoms with Gasteiger partial charge in [-0.1, -0.05) is 12.1 Å². The molecule has 0 heterocycles. The van der Waals surface area contributed by atoms with Gasteiger partial charge in [-0.05, 0) is 19.1 Å². The minimum absolute atomic E-state index is 0.225. The molecule has 0 radical (unpaired) electrons. The van der Waals surface area contributed by atoms with Gasteiger partial charge in [0.05, 0.1) is 7.11 Å². The Morgan fingerprint density at radius 1 is 1.33 bits per heavy atom. The number of ether oxygens (including phenoxy) is 1. The largest absolute Gasteiger partial charge is 0.497 e. The fourth-order valence-corrected chi connectivity index (χ4v) is 1.56. The highest BCUT2D eigenvalue weighted by Crippen LogP contribution is 2.18. The summed E-state index contributed by atoms with van der Waals surface area (Å²) >= 11 is 0. The molecule has 0 fully saturated rings. The molecule has 0 aromatic heterocycles. The fraction of sp³-hybridized carbons (Fsp3) is 0.308. The van der Waals surface area contributed by atoms with Crippen LogP contribution in [0.2, 0.25) is 0 Å². The maximum absolute atomic E-state index is 12.0. The molecule has 0 saturated heterocycles. The van der Waals surface area contributed by atoms with Gasteiger partial charge in [0.15, 0.2) is 5.78 Å². The first-order valence-electron chi connectivity index (χ1n) is 5.36. The van der Waals surface area contributed by atoms with E-state index >= 15 is 0 Å². The van der Waals surface area contributed by atoms with E-state index in [9.17, 15) is 14.4 Å². The van der Waals surface area contributed by atoms with E-state index in [0.717, 1.165) is 0 Å². The Kier molecular flexibility index (Phi) is 4.59. The molecule has 0 aliphatic heterocycles. The van der Waals surface area contributed by atoms with Crippen LogP contribution < -0.4 is 4.74 Å². The molecule has 0 bridgehead atoms. The van der Waals surface area contributed by atoms with Crippen molar-refractivity contribution in [1.29, 1.82) is 0 Å². The summed E-state index contributed by atoms with van der Waals surface area (Å²) < 4.78 is 4.96. The van der Waals surface area contributed by atoms with E-state index in [1.54, 1.807) is 12.1 Å². The first-order valence-corrected chi connectivity index (χ1v) is 5.36. The second-order valence-corrected chi connectivity index (χ2v) is 3.89. The van der Waals surface area contributed by atoms with Crippen LogP contribution in [-0.2, 0) is 9.59 Å². The van der Waals surface area contributed by atoms with Gasteiger partial charge in [0.25, 0.3) is 0 Å². The van der Waals surface area contributed by atoms with Gasteiger partial charge in [0, 0.05) is 12.0 Å². The van der Waals surface area contributed by atoms with E-state index in [1.165, 1.54) is 26.2 Å². The SMILES string of the molecule is COc1cccc(C(=O)C(CC(C)=O)C(=O)O)c1. The Labute approximate surface area is 104 Å². The number of carbonyl (C=O) groups excluding carboxylic acids is 2. The molecule has 0 saturated carbocycles. The van der Waals surface area contributed by atoms with Crippen LogP contribution in [-0.4, -0.2) is 29.8 Å². The van der Waals surface area contributed by atoms with Gasteiger partial charge in [0.2, 0.25) is 0 Å². The van der Waals surface area contributed by atoms with Crippen molar-refractivity contribution in [2.45, 2.75) is 13.3 Å². The number of carbonyl (C=O) groups is 3. The second-order valence-electron chi connectivity index (χ2n) is 3.89. The molecular weight excluding hydrogens is 236 g/mol. The predicted octanol–water partition coefficient (Wildman–Crippen LogP) is 1.56. The maximum atomic E-state index is 12.0. The van der Waals surface area contributed by atoms with Crippen molar-refractivity contribution in [2.75, 3.05) is 7.11 Å². The zero-order chi connectivity index (χ0) is 13.7. The number of carboxylic acid groups (broad SMARTS) is 1. The summed E-state index contributed by atoms with van der Waals surface area (Å²) in [5.74, 6) is -3.09. The zero-order valence-corrected chi connectivity index (χ0v) is 10.2. The summed E-state index contributed by atoms with van der Waals surface area (Å²) in [7, 11) is 1.45. The Morgan fingerprint density at radius 2 is 2.00 bits per heavy atom. The summed E-state index contributed by atoms with van der Waals surface area (Å²) in [6.45, 7) is 1.26. The van der Waals surface area contributed by atoms with Crippen LogP contribution in [0.3, 0.4) is 0 Å². The van der Waals surface area contributed by atoms with Crippen molar-refractivity contribution in [2.24, 2.45) is 5.92 Å². The highest BCUT2D eigenvalue weighted by molar-refractivity contribution is 6.10. The van der Waals surface area contributed by atoms with Crippen molar-refractivity contribution in [3.63, 3.8) is 0 Å². The van der Waals surface area contributed by atoms with Crippen molar-refractivity contribution in [3.8, 4) is 5.75 Å². The number of rotatable bonds is 6. The first kappa shape index (κ1) is 13.9. The molecule has 1 atom stereocenters. The molecule has 18 heavy (non-hydrogen) atoms. The average molecular weight is 250 g/mol. The van der Waals surface area contributed by atoms with Gasteiger partial charge in [-0.2, -0.15) is 0 Å². The molecule has 1 rings (SSSR count). The molecule has 0 aliphatic rings. The Hall–Kier alpha value is -2.17. The zero-order valence-electron chi connectivity index (χ0n) is 10.2. The number of Topliss-reactive ketones (excluding diaryl/α,β-unsaturated/α-hetero) is 2. The lowest BCUT2D eigenvalue weighted by Gasteiger charge is -2.10. The fourth-order valence-electron chi connectivity index (χ4n) is 1.56. The minimum Gasteiger partial charge on any atom is -0.497 e. The molecule has 1 aromatic carbocycles. The standard InChI is InChI=1S/C13H14O5/c1-8(14)6-11(13(16)17)12(15)9-4-3-5-10(7-9)18-2/h3-5,7,11H,6H2,1-2H3,(H,16,17). The van der Waals surface area contributed by atoms with E-state index in [4.69, 9.17) is 9.84 Å². The van der Waals surface area contributed by atoms with Crippen LogP contribution in [0.4, 0.5) is 0 Å². The summed E-state index contributed by atoms with van der Waals surface area (Å²) in [6.07, 6.45) is -0.300. The molecule has 5 nitrogen and oxygen atoms in total. The number of methoxy groups -OCH3 is 1. The van der Waals surface area contributed by atoms with Crippen molar-refractivity contribution in [1.82, 2.24) is 0 Å². The summed E-state index contributed by atoms with van der Waals surface area (Å²) in [6, 6.07) is 6.20. The van der Waals surface area contributed by atoms with E-state index in [-0.39, 0.29) is 17.8 Å². The number of ketones is 2. The van der Waals surface area contributed by atoms with Gasteiger partial charge < -0.3 is 9.84 Å². The number of hydrogen-bond donors (Lipinski definition) is 1. The number of aliphatic carboxylic acids is 1. The monoisotopic (exact) mass is 250 g/mol. The normalized spacial score (nSPS) is 11.7. The Morgan fingerprint density at radius 3 is 2.50 bits per heavy atom. The van der Waals surface area contributed by atoms with E-state index in [2.05, 4.69) is 0 Å². The molecule has 0 aliphatic carbocycles. The van der Waals surface area contributed by atoms with Crippen LogP contribution >= 0.6 is 0 Å². The Bertz CT molecular complexity index is 478. The molecule has 0 spiro atoms. The number of carboxylic acids is 1. The smallest absolute Gasteiger partial charge is 0.314 e. The van der Waals surface area contributed by atoms with Gasteiger partial charge in [0.1, 0.15) is 17.5 Å². The minimum atomic E-state index is -1.34. The maximum Gasteiger partial charge on any atom is 0.314 e. The molecule has 0 amide bonds. The van der Waals surface area contributed by atoms with Gasteiger partial charge in [-0.15, -0.1) is 0 Å². The van der Waals surface area contributed by atoms with Crippen molar-refractivity contribution < 1.29 is 24.2 Å². The third-order valence-electron chi connectivity index (χ3n) is 2.46. The lowest BCUT2D eigenvalue weighted by atomic mass is 9.93. The van der Waals surface area contributed by atoms with Crippen molar-refractivity contribution in [3.05, 3.63) is 29.8 Å². The first-order chi connectivity index (χ1) is 8.45. The third-order valence-corrected chi connectivity index (χ3v) is 2.46. The lowest BCUT2D eigenvalue weighted by Crippen LogP contribution is -2.26. The number of benzene rings is 1. The molecule has 5 heteroatoms. The van der Waals surface area contributed by atoms with E-state index < -0.39 is 17.7 Å². The summed E-state index contributed by atoms with van der Waals surface area (Å²) in [5, 5.41) is 8.98. The average Bonchev–Trinajstić information content (AvgIpc) is 2.34. The summed E-state index contributed by atoms with van der Waals surface area (Å²) in [5.41, 5.74) is 0.225. The van der Waals surface area contributed by atoms with E-state index in [1.807, 2.05) is 0 Å². The van der Waals surface area contributed by atoms with Crippen LogP contribution in [0.25, 0.3) is 0 Å². The van der Waals surface area contributed by atoms with Crippen molar-refractivity contribution >= 4 is 17.5 Å². The third kappa shape index (κ3) is 3.41. The highest BCUT2D eigenvalue weighted by Gasteiger charge is 2.28. The van der Waals surface area contributed by atoms with Crippen LogP contribution in [0, 0.1) is 5.92 Å². The Balaban J connectivity index is 3.01. The molecular formula is C13H14O5. The highest BCUT2D eigenvalue weighted by atomic mass is 16.5. The molecule has 1 aromatic rings. The van der Waals surface area contributed by atoms with Crippen LogP contribution in [0.15, 0.2) is 24.3 Å². The quantitative estimate of drug-likeness (QED) is 0.612. The van der Waals surface area contributed by atoms with Gasteiger partial charge in [-0.3, -0.25) is 14.4 Å². The number of hydrogen-bond acceptors (Lipinski definition) is 4. The topological polar surface area (TPSA) is 80.7 Å². The molecule has 96 valence electrons. The lowest BCUT2D eigenvalue weighted by molar-refractivity contribution is -0.141. The van der Waals surface area contributed by atoms with Gasteiger partial charge >= 0.3 is 5.97 Å².